The number of allylic oxidation sites excluding steroid dienone is 2. The third-order valence-electron chi connectivity index (χ3n) is 4.74. The minimum atomic E-state index is -1.80. The Kier molecular flexibility index (Phi) is 15.9. The van der Waals surface area contributed by atoms with E-state index in [1.54, 1.807) is 0 Å². The fraction of sp³-hybridized carbons (Fsp3) is 0.857. The highest BCUT2D eigenvalue weighted by Gasteiger charge is 2.28. The molecule has 4 N–H and O–H groups in total. The van der Waals surface area contributed by atoms with Crippen LogP contribution in [-0.2, 0) is 0 Å². The van der Waals surface area contributed by atoms with Crippen LogP contribution in [0.5, 0.6) is 0 Å². The van der Waals surface area contributed by atoms with Gasteiger partial charge >= 0.3 is 0 Å². The Morgan fingerprint density at radius 1 is 0.833 bits per heavy atom. The highest BCUT2D eigenvalue weighted by molar-refractivity contribution is 4.81. The first-order chi connectivity index (χ1) is 11.5. The summed E-state index contributed by atoms with van der Waals surface area (Å²) < 4.78 is 0. The van der Waals surface area contributed by atoms with Crippen LogP contribution in [0.4, 0.5) is 0 Å². The van der Waals surface area contributed by atoms with E-state index >= 15 is 0 Å². The van der Waals surface area contributed by atoms with Crippen molar-refractivity contribution < 1.29 is 10.2 Å². The molecule has 3 heteroatoms. The van der Waals surface area contributed by atoms with Crippen LogP contribution in [0.2, 0.25) is 0 Å². The highest BCUT2D eigenvalue weighted by Crippen LogP contribution is 2.16. The molecular weight excluding hydrogens is 298 g/mol. The summed E-state index contributed by atoms with van der Waals surface area (Å²) in [7, 11) is 0. The number of nitrogens with two attached hydrogens (primary N) is 1. The molecule has 143 valence electrons. The van der Waals surface area contributed by atoms with Crippen molar-refractivity contribution in [1.82, 2.24) is 0 Å². The lowest BCUT2D eigenvalue weighted by Gasteiger charge is -2.27. The van der Waals surface area contributed by atoms with E-state index in [2.05, 4.69) is 26.0 Å². The number of hydrogen-bond acceptors (Lipinski definition) is 3. The Balaban J connectivity index is 3.29. The van der Waals surface area contributed by atoms with E-state index in [0.29, 0.717) is 6.42 Å². The Hall–Kier alpha value is -0.380. The van der Waals surface area contributed by atoms with E-state index < -0.39 is 11.8 Å². The topological polar surface area (TPSA) is 66.5 Å². The van der Waals surface area contributed by atoms with Crippen molar-refractivity contribution >= 4 is 0 Å². The van der Waals surface area contributed by atoms with Gasteiger partial charge in [0.05, 0.1) is 6.04 Å². The van der Waals surface area contributed by atoms with Crippen molar-refractivity contribution in [2.45, 2.75) is 115 Å². The molecule has 0 aromatic rings. The maximum Gasteiger partial charge on any atom is 0.178 e. The van der Waals surface area contributed by atoms with Crippen LogP contribution in [0.15, 0.2) is 12.2 Å². The zero-order valence-corrected chi connectivity index (χ0v) is 16.0. The first-order valence-electron chi connectivity index (χ1n) is 10.2. The molecule has 3 nitrogen and oxygen atoms in total. The van der Waals surface area contributed by atoms with Crippen LogP contribution in [0, 0.1) is 6.92 Å². The van der Waals surface area contributed by atoms with Crippen molar-refractivity contribution in [3.05, 3.63) is 19.1 Å². The van der Waals surface area contributed by atoms with Gasteiger partial charge in [0.25, 0.3) is 0 Å². The van der Waals surface area contributed by atoms with Crippen molar-refractivity contribution in [2.75, 3.05) is 0 Å². The van der Waals surface area contributed by atoms with Gasteiger partial charge in [0.2, 0.25) is 0 Å². The third kappa shape index (κ3) is 14.0. The highest BCUT2D eigenvalue weighted by atomic mass is 16.5. The molecule has 0 bridgehead atoms. The second-order valence-corrected chi connectivity index (χ2v) is 7.11. The van der Waals surface area contributed by atoms with Gasteiger partial charge in [-0.2, -0.15) is 0 Å². The summed E-state index contributed by atoms with van der Waals surface area (Å²) in [5, 5.41) is 19.1. The summed E-state index contributed by atoms with van der Waals surface area (Å²) in [6, 6.07) is -0.583. The normalized spacial score (nSPS) is 13.7. The summed E-state index contributed by atoms with van der Waals surface area (Å²) in [6.07, 6.45) is 21.8. The van der Waals surface area contributed by atoms with Crippen LogP contribution >= 0.6 is 0 Å². The lowest BCUT2D eigenvalue weighted by atomic mass is 9.98. The largest absolute Gasteiger partial charge is 0.364 e. The first kappa shape index (κ1) is 23.6. The monoisotopic (exact) mass is 340 g/mol. The van der Waals surface area contributed by atoms with E-state index in [-0.39, 0.29) is 6.42 Å². The van der Waals surface area contributed by atoms with Gasteiger partial charge in [0, 0.05) is 6.42 Å². The number of aliphatic hydroxyl groups is 2. The maximum absolute atomic E-state index is 9.57. The molecule has 1 unspecified atom stereocenters. The van der Waals surface area contributed by atoms with Gasteiger partial charge in [-0.15, -0.1) is 0 Å². The van der Waals surface area contributed by atoms with Crippen LogP contribution < -0.4 is 5.73 Å². The van der Waals surface area contributed by atoms with E-state index in [0.717, 1.165) is 12.8 Å². The van der Waals surface area contributed by atoms with E-state index in [1.165, 1.54) is 70.6 Å². The maximum atomic E-state index is 9.57. The van der Waals surface area contributed by atoms with Gasteiger partial charge < -0.3 is 15.9 Å². The van der Waals surface area contributed by atoms with E-state index in [1.807, 2.05) is 0 Å². The van der Waals surface area contributed by atoms with Gasteiger partial charge in [-0.05, 0) is 39.0 Å². The molecular formula is C21H42NO2. The number of unbranched alkanes of at least 4 members (excludes halogenated alkanes) is 11. The first-order valence-corrected chi connectivity index (χ1v) is 10.2. The Morgan fingerprint density at radius 2 is 1.29 bits per heavy atom. The summed E-state index contributed by atoms with van der Waals surface area (Å²) >= 11 is 0. The molecule has 0 aromatic carbocycles. The van der Waals surface area contributed by atoms with Gasteiger partial charge in [-0.25, -0.2) is 0 Å². The van der Waals surface area contributed by atoms with Crippen LogP contribution in [0.3, 0.4) is 0 Å². The zero-order valence-electron chi connectivity index (χ0n) is 16.0. The molecule has 0 saturated carbocycles. The molecule has 0 fully saturated rings. The fourth-order valence-corrected chi connectivity index (χ4v) is 2.85. The lowest BCUT2D eigenvalue weighted by Crippen LogP contribution is -2.47. The fourth-order valence-electron chi connectivity index (χ4n) is 2.85. The van der Waals surface area contributed by atoms with Gasteiger partial charge in [-0.3, -0.25) is 0 Å². The average molecular weight is 341 g/mol. The van der Waals surface area contributed by atoms with Crippen LogP contribution in [0.25, 0.3) is 0 Å². The number of hydrogen-bond donors (Lipinski definition) is 3. The molecule has 0 spiro atoms. The average Bonchev–Trinajstić information content (AvgIpc) is 2.58. The van der Waals surface area contributed by atoms with Crippen molar-refractivity contribution in [2.24, 2.45) is 5.73 Å². The summed E-state index contributed by atoms with van der Waals surface area (Å²) in [5.41, 5.74) is 5.77. The third-order valence-corrected chi connectivity index (χ3v) is 4.74. The second kappa shape index (κ2) is 16.1. The zero-order chi connectivity index (χ0) is 18.1. The standard InChI is InChI=1S/C21H42NO2/c1-3-5-6-7-8-9-10-11-12-13-14-15-16-17-18-19-20(22)21(23,24)4-2/h11-12,20,23-24H,2-10,13-19,22H2,1H3/b12-11-. The Labute approximate surface area is 150 Å². The minimum absolute atomic E-state index is 0.0409. The number of rotatable bonds is 17. The molecule has 24 heavy (non-hydrogen) atoms. The second-order valence-electron chi connectivity index (χ2n) is 7.11. The lowest BCUT2D eigenvalue weighted by molar-refractivity contribution is -0.175. The van der Waals surface area contributed by atoms with E-state index in [9.17, 15) is 10.2 Å². The molecule has 0 saturated heterocycles. The molecule has 1 atom stereocenters. The molecule has 1 radical (unpaired) electrons. The predicted octanol–water partition coefficient (Wildman–Crippen LogP) is 5.26. The minimum Gasteiger partial charge on any atom is -0.364 e. The molecule has 0 aliphatic heterocycles. The van der Waals surface area contributed by atoms with Gasteiger partial charge in [0.15, 0.2) is 5.79 Å². The van der Waals surface area contributed by atoms with Crippen LogP contribution in [0.1, 0.15) is 103 Å². The summed E-state index contributed by atoms with van der Waals surface area (Å²) in [4.78, 5) is 0. The molecule has 0 rings (SSSR count). The quantitative estimate of drug-likeness (QED) is 0.192. The van der Waals surface area contributed by atoms with Crippen molar-refractivity contribution in [1.29, 1.82) is 0 Å². The van der Waals surface area contributed by atoms with Crippen LogP contribution in [-0.4, -0.2) is 22.0 Å². The van der Waals surface area contributed by atoms with Crippen molar-refractivity contribution in [3.8, 4) is 0 Å². The predicted molar refractivity (Wildman–Crippen MR) is 105 cm³/mol. The molecule has 0 heterocycles. The molecule has 0 aromatic heterocycles. The smallest absolute Gasteiger partial charge is 0.178 e. The molecule has 0 aliphatic carbocycles. The summed E-state index contributed by atoms with van der Waals surface area (Å²) in [5.74, 6) is -1.80. The Morgan fingerprint density at radius 3 is 1.79 bits per heavy atom. The van der Waals surface area contributed by atoms with Gasteiger partial charge in [-0.1, -0.05) is 76.9 Å². The molecule has 0 aliphatic rings. The molecule has 0 amide bonds. The van der Waals surface area contributed by atoms with E-state index in [4.69, 9.17) is 5.73 Å². The van der Waals surface area contributed by atoms with Gasteiger partial charge in [0.1, 0.15) is 0 Å². The Bertz CT molecular complexity index is 290. The summed E-state index contributed by atoms with van der Waals surface area (Å²) in [6.45, 7) is 5.77. The van der Waals surface area contributed by atoms with Crippen molar-refractivity contribution in [3.63, 3.8) is 0 Å². The SMILES string of the molecule is [CH2]CC(O)(O)C(N)CCCCCCC/C=C\CCCCCCCC.